The maximum atomic E-state index is 12.7. The summed E-state index contributed by atoms with van der Waals surface area (Å²) < 4.78 is 128. The number of fused-ring (bicyclic) bond motifs is 1. The predicted molar refractivity (Wildman–Crippen MR) is 171 cm³/mol. The minimum Gasteiger partial charge on any atom is -0.505 e. The van der Waals surface area contributed by atoms with E-state index < -0.39 is 94.1 Å². The van der Waals surface area contributed by atoms with Gasteiger partial charge >= 0.3 is 0 Å². The standard InChI is InChI=1S/C24H21BrN6O12S4/c25-7-8-44(33,34)16-4-2-1-3-14(16)28-31-23-19(47(41,42)43)10-12-9-18(46(38,39)40)22(21(27)20(12)24(23)32)30-29-15-11-13(26)5-6-17(15)45(35,36)37/h1-6,9-11,32H,7-8,26-27H2,(H,35,36,37)(H,38,39,40)(H,41,42,43). The van der Waals surface area contributed by atoms with Crippen molar-refractivity contribution in [1.82, 2.24) is 0 Å². The molecule has 0 spiro atoms. The fraction of sp³-hybridized carbons (Fsp3) is 0.0833. The van der Waals surface area contributed by atoms with E-state index in [0.29, 0.717) is 12.1 Å². The molecule has 0 bridgehead atoms. The van der Waals surface area contributed by atoms with E-state index in [9.17, 15) is 52.4 Å². The van der Waals surface area contributed by atoms with Crippen LogP contribution in [0.15, 0.2) is 94.6 Å². The topological polar surface area (TPSA) is 319 Å². The third kappa shape index (κ3) is 7.57. The molecular formula is C24H21BrN6O12S4. The van der Waals surface area contributed by atoms with Crippen molar-refractivity contribution in [3.05, 3.63) is 54.6 Å². The van der Waals surface area contributed by atoms with Crippen LogP contribution in [-0.2, 0) is 40.2 Å². The number of sulfone groups is 1. The lowest BCUT2D eigenvalue weighted by Crippen LogP contribution is -2.07. The first-order chi connectivity index (χ1) is 21.7. The van der Waals surface area contributed by atoms with E-state index >= 15 is 0 Å². The summed E-state index contributed by atoms with van der Waals surface area (Å²) in [5.41, 5.74) is 8.21. The van der Waals surface area contributed by atoms with Crippen LogP contribution in [0, 0.1) is 0 Å². The number of nitrogens with two attached hydrogens (primary N) is 2. The van der Waals surface area contributed by atoms with Crippen LogP contribution in [0.2, 0.25) is 0 Å². The van der Waals surface area contributed by atoms with Crippen molar-refractivity contribution in [2.45, 2.75) is 19.6 Å². The highest BCUT2D eigenvalue weighted by molar-refractivity contribution is 9.09. The predicted octanol–water partition coefficient (Wildman–Crippen LogP) is 4.45. The number of nitrogens with zero attached hydrogens (tertiary/aromatic N) is 4. The van der Waals surface area contributed by atoms with E-state index in [0.717, 1.165) is 18.2 Å². The molecule has 8 N–H and O–H groups in total. The monoisotopic (exact) mass is 792 g/mol. The summed E-state index contributed by atoms with van der Waals surface area (Å²) in [4.78, 5) is -3.34. The molecule has 0 aliphatic rings. The van der Waals surface area contributed by atoms with Crippen molar-refractivity contribution in [2.75, 3.05) is 22.6 Å². The number of benzene rings is 4. The quantitative estimate of drug-likeness (QED) is 0.0559. The highest BCUT2D eigenvalue weighted by atomic mass is 79.9. The zero-order valence-electron chi connectivity index (χ0n) is 23.1. The molecule has 0 atom stereocenters. The molecule has 4 aromatic carbocycles. The Morgan fingerprint density at radius 2 is 1.17 bits per heavy atom. The Kier molecular flexibility index (Phi) is 9.76. The lowest BCUT2D eigenvalue weighted by atomic mass is 10.1. The zero-order valence-corrected chi connectivity index (χ0v) is 28.0. The second-order valence-corrected chi connectivity index (χ2v) is 16.4. The summed E-state index contributed by atoms with van der Waals surface area (Å²) >= 11 is 3.03. The van der Waals surface area contributed by atoms with Crippen LogP contribution in [0.25, 0.3) is 10.8 Å². The van der Waals surface area contributed by atoms with Gasteiger partial charge in [0.2, 0.25) is 0 Å². The molecule has 0 amide bonds. The van der Waals surface area contributed by atoms with Crippen molar-refractivity contribution in [3.8, 4) is 5.75 Å². The first-order valence-electron chi connectivity index (χ1n) is 12.3. The number of phenols is 1. The van der Waals surface area contributed by atoms with E-state index in [1.54, 1.807) is 0 Å². The van der Waals surface area contributed by atoms with Gasteiger partial charge in [0.1, 0.15) is 37.4 Å². The molecule has 0 unspecified atom stereocenters. The average molecular weight is 794 g/mol. The van der Waals surface area contributed by atoms with Gasteiger partial charge in [0.05, 0.1) is 21.7 Å². The van der Waals surface area contributed by atoms with Crippen molar-refractivity contribution in [1.29, 1.82) is 0 Å². The van der Waals surface area contributed by atoms with Crippen LogP contribution in [0.4, 0.5) is 34.1 Å². The maximum Gasteiger partial charge on any atom is 0.296 e. The largest absolute Gasteiger partial charge is 0.505 e. The van der Waals surface area contributed by atoms with E-state index in [1.807, 2.05) is 0 Å². The summed E-state index contributed by atoms with van der Waals surface area (Å²) in [6, 6.07) is 9.37. The fourth-order valence-electron chi connectivity index (χ4n) is 4.16. The number of aromatic hydroxyl groups is 1. The molecule has 4 rings (SSSR count). The van der Waals surface area contributed by atoms with E-state index in [1.165, 1.54) is 24.3 Å². The smallest absolute Gasteiger partial charge is 0.296 e. The number of phenolic OH excluding ortho intramolecular Hbond substituents is 1. The molecule has 250 valence electrons. The summed E-state index contributed by atoms with van der Waals surface area (Å²) in [7, 11) is -19.4. The van der Waals surface area contributed by atoms with Crippen molar-refractivity contribution in [3.63, 3.8) is 0 Å². The lowest BCUT2D eigenvalue weighted by Gasteiger charge is -2.14. The summed E-state index contributed by atoms with van der Waals surface area (Å²) in [6.07, 6.45) is 0. The van der Waals surface area contributed by atoms with Gasteiger partial charge in [0, 0.05) is 11.0 Å². The van der Waals surface area contributed by atoms with Crippen LogP contribution in [0.3, 0.4) is 0 Å². The Morgan fingerprint density at radius 3 is 1.74 bits per heavy atom. The Morgan fingerprint density at radius 1 is 0.638 bits per heavy atom. The minimum atomic E-state index is -5.26. The van der Waals surface area contributed by atoms with Gasteiger partial charge in [-0.3, -0.25) is 13.7 Å². The van der Waals surface area contributed by atoms with Gasteiger partial charge in [0.25, 0.3) is 30.4 Å². The van der Waals surface area contributed by atoms with Crippen LogP contribution >= 0.6 is 15.9 Å². The molecule has 0 aliphatic carbocycles. The Bertz CT molecular complexity index is 2450. The Hall–Kier alpha value is -4.10. The lowest BCUT2D eigenvalue weighted by molar-refractivity contribution is 0.472. The first kappa shape index (κ1) is 35.7. The van der Waals surface area contributed by atoms with Crippen LogP contribution in [0.5, 0.6) is 5.75 Å². The molecule has 0 radical (unpaired) electrons. The number of anilines is 2. The molecule has 0 saturated carbocycles. The van der Waals surface area contributed by atoms with Crippen LogP contribution in [0.1, 0.15) is 0 Å². The number of halogens is 1. The first-order valence-corrected chi connectivity index (χ1v) is 19.4. The number of azo groups is 2. The van der Waals surface area contributed by atoms with E-state index in [4.69, 9.17) is 11.5 Å². The molecule has 0 heterocycles. The van der Waals surface area contributed by atoms with Gasteiger partial charge in [0.15, 0.2) is 15.6 Å². The number of hydrogen-bond acceptors (Lipinski definition) is 15. The van der Waals surface area contributed by atoms with Gasteiger partial charge in [-0.05, 0) is 47.9 Å². The Labute approximate surface area is 275 Å². The second-order valence-electron chi connectivity index (χ2n) is 9.33. The average Bonchev–Trinajstić information content (AvgIpc) is 2.94. The molecule has 0 aliphatic heterocycles. The van der Waals surface area contributed by atoms with Gasteiger partial charge in [-0.25, -0.2) is 8.42 Å². The summed E-state index contributed by atoms with van der Waals surface area (Å²) in [5.74, 6) is -1.47. The number of rotatable bonds is 10. The third-order valence-electron chi connectivity index (χ3n) is 6.19. The SMILES string of the molecule is Nc1ccc(S(=O)(=O)O)c(N=Nc2c(S(=O)(=O)O)cc3cc(S(=O)(=O)O)c(N=Nc4ccccc4S(=O)(=O)CCBr)c(O)c3c2N)c1. The highest BCUT2D eigenvalue weighted by Crippen LogP contribution is 2.48. The highest BCUT2D eigenvalue weighted by Gasteiger charge is 2.28. The van der Waals surface area contributed by atoms with Gasteiger partial charge in [-0.2, -0.15) is 25.3 Å². The number of nitrogen functional groups attached to an aromatic ring is 2. The maximum absolute atomic E-state index is 12.7. The molecule has 0 fully saturated rings. The molecular weight excluding hydrogens is 772 g/mol. The van der Waals surface area contributed by atoms with Gasteiger partial charge in [-0.15, -0.1) is 20.5 Å². The summed E-state index contributed by atoms with van der Waals surface area (Å²) in [6.45, 7) is 0. The number of hydrogen-bond donors (Lipinski definition) is 6. The van der Waals surface area contributed by atoms with Crippen LogP contribution in [-0.4, -0.2) is 63.5 Å². The van der Waals surface area contributed by atoms with Crippen LogP contribution < -0.4 is 11.5 Å². The molecule has 23 heteroatoms. The van der Waals surface area contributed by atoms with E-state index in [-0.39, 0.29) is 27.4 Å². The second kappa shape index (κ2) is 12.8. The van der Waals surface area contributed by atoms with Crippen molar-refractivity contribution >= 4 is 101 Å². The molecule has 0 aromatic heterocycles. The number of alkyl halides is 1. The molecule has 0 saturated heterocycles. The Balaban J connectivity index is 2.06. The van der Waals surface area contributed by atoms with Gasteiger partial charge in [-0.1, -0.05) is 28.1 Å². The van der Waals surface area contributed by atoms with E-state index in [2.05, 4.69) is 36.4 Å². The molecule has 4 aromatic rings. The van der Waals surface area contributed by atoms with Gasteiger partial charge < -0.3 is 16.6 Å². The van der Waals surface area contributed by atoms with Crippen molar-refractivity contribution < 1.29 is 52.4 Å². The summed E-state index contributed by atoms with van der Waals surface area (Å²) in [5, 5.41) is 24.9. The molecule has 47 heavy (non-hydrogen) atoms. The molecule has 18 nitrogen and oxygen atoms in total. The normalized spacial score (nSPS) is 13.2. The fourth-order valence-corrected chi connectivity index (χ4v) is 8.50. The minimum absolute atomic E-state index is 0.0557. The third-order valence-corrected chi connectivity index (χ3v) is 11.5. The van der Waals surface area contributed by atoms with Crippen molar-refractivity contribution in [2.24, 2.45) is 20.5 Å². The zero-order chi connectivity index (χ0) is 35.1.